The molecule has 1 unspecified atom stereocenters. The molecule has 2 aliphatic heterocycles. The van der Waals surface area contributed by atoms with Crippen molar-refractivity contribution in [3.05, 3.63) is 107 Å². The molecule has 0 aliphatic carbocycles. The van der Waals surface area contributed by atoms with E-state index in [0.29, 0.717) is 30.6 Å². The van der Waals surface area contributed by atoms with Gasteiger partial charge in [0.25, 0.3) is 11.8 Å². The summed E-state index contributed by atoms with van der Waals surface area (Å²) in [6, 6.07) is 25.9. The number of aliphatic imine (C=N–C) groups is 1. The monoisotopic (exact) mass is 394 g/mol. The Balaban J connectivity index is 1.43. The van der Waals surface area contributed by atoms with Gasteiger partial charge in [-0.1, -0.05) is 66.7 Å². The summed E-state index contributed by atoms with van der Waals surface area (Å²) in [4.78, 5) is 31.5. The minimum atomic E-state index is -0.259. The van der Waals surface area contributed by atoms with Crippen LogP contribution >= 0.6 is 0 Å². The third kappa shape index (κ3) is 2.88. The first-order valence-corrected chi connectivity index (χ1v) is 10.3. The van der Waals surface area contributed by atoms with Gasteiger partial charge in [0.1, 0.15) is 0 Å². The van der Waals surface area contributed by atoms with Crippen molar-refractivity contribution in [3.8, 4) is 0 Å². The highest BCUT2D eigenvalue weighted by molar-refractivity contribution is 6.21. The Morgan fingerprint density at radius 1 is 0.800 bits per heavy atom. The maximum Gasteiger partial charge on any atom is 0.261 e. The van der Waals surface area contributed by atoms with E-state index in [9.17, 15) is 9.59 Å². The molecule has 2 amide bonds. The van der Waals surface area contributed by atoms with Crippen molar-refractivity contribution in [2.45, 2.75) is 18.3 Å². The second kappa shape index (κ2) is 7.38. The van der Waals surface area contributed by atoms with Crippen LogP contribution in [0.3, 0.4) is 0 Å². The maximum absolute atomic E-state index is 12.7. The van der Waals surface area contributed by atoms with Crippen LogP contribution in [-0.4, -0.2) is 36.0 Å². The van der Waals surface area contributed by atoms with Crippen molar-refractivity contribution in [2.75, 3.05) is 13.1 Å². The van der Waals surface area contributed by atoms with Gasteiger partial charge < -0.3 is 0 Å². The molecular formula is C26H22N2O2. The molecular weight excluding hydrogens is 372 g/mol. The van der Waals surface area contributed by atoms with E-state index in [4.69, 9.17) is 0 Å². The molecule has 2 heterocycles. The average molecular weight is 394 g/mol. The molecule has 0 fully saturated rings. The molecule has 0 bridgehead atoms. The highest BCUT2D eigenvalue weighted by atomic mass is 16.2. The Morgan fingerprint density at radius 2 is 1.43 bits per heavy atom. The maximum atomic E-state index is 12.7. The number of imide groups is 1. The van der Waals surface area contributed by atoms with Crippen LogP contribution in [0, 0.1) is 0 Å². The normalized spacial score (nSPS) is 19.7. The van der Waals surface area contributed by atoms with Crippen LogP contribution in [0.5, 0.6) is 0 Å². The zero-order valence-electron chi connectivity index (χ0n) is 16.6. The first-order valence-electron chi connectivity index (χ1n) is 10.3. The summed E-state index contributed by atoms with van der Waals surface area (Å²) in [6.45, 7) is 1.07. The van der Waals surface area contributed by atoms with Gasteiger partial charge in [0.15, 0.2) is 0 Å². The van der Waals surface area contributed by atoms with Crippen LogP contribution in [0.15, 0.2) is 83.9 Å². The molecule has 2 aliphatic rings. The Morgan fingerprint density at radius 3 is 2.17 bits per heavy atom. The Labute approximate surface area is 175 Å². The number of benzene rings is 3. The number of amides is 2. The number of carbonyl (C=O) groups is 2. The lowest BCUT2D eigenvalue weighted by molar-refractivity contribution is 0.0649. The smallest absolute Gasteiger partial charge is 0.261 e. The average Bonchev–Trinajstić information content (AvgIpc) is 3.05. The van der Waals surface area contributed by atoms with Gasteiger partial charge in [-0.25, -0.2) is 0 Å². The summed E-state index contributed by atoms with van der Waals surface area (Å²) >= 11 is 0. The first kappa shape index (κ1) is 18.5. The van der Waals surface area contributed by atoms with Crippen LogP contribution < -0.4 is 0 Å². The lowest BCUT2D eigenvalue weighted by Crippen LogP contribution is -2.37. The molecule has 1 atom stereocenters. The molecule has 0 radical (unpaired) electrons. The number of hydrogen-bond acceptors (Lipinski definition) is 3. The fourth-order valence-corrected chi connectivity index (χ4v) is 4.77. The van der Waals surface area contributed by atoms with Gasteiger partial charge in [0.2, 0.25) is 0 Å². The molecule has 0 N–H and O–H groups in total. The minimum Gasteiger partial charge on any atom is -0.291 e. The van der Waals surface area contributed by atoms with Crippen molar-refractivity contribution in [1.29, 1.82) is 0 Å². The first-order chi connectivity index (χ1) is 14.7. The van der Waals surface area contributed by atoms with E-state index in [0.717, 1.165) is 12.0 Å². The van der Waals surface area contributed by atoms with E-state index in [1.807, 2.05) is 18.3 Å². The third-order valence-corrected chi connectivity index (χ3v) is 6.26. The third-order valence-electron chi connectivity index (χ3n) is 6.26. The zero-order valence-corrected chi connectivity index (χ0v) is 16.6. The summed E-state index contributed by atoms with van der Waals surface area (Å²) in [7, 11) is 0. The van der Waals surface area contributed by atoms with Gasteiger partial charge in [-0.3, -0.25) is 19.5 Å². The molecule has 4 nitrogen and oxygen atoms in total. The van der Waals surface area contributed by atoms with Crippen LogP contribution in [0.25, 0.3) is 0 Å². The number of hydrogen-bond donors (Lipinski definition) is 0. The molecule has 0 aromatic heterocycles. The number of nitrogens with zero attached hydrogens (tertiary/aromatic N) is 2. The molecule has 3 aromatic rings. The SMILES string of the molecule is O=C1c2ccccc2C(=O)N1CCCC1(c2ccccc2)CN=Cc2ccccc21. The predicted octanol–water partition coefficient (Wildman–Crippen LogP) is 4.48. The van der Waals surface area contributed by atoms with Gasteiger partial charge >= 0.3 is 0 Å². The van der Waals surface area contributed by atoms with E-state index in [-0.39, 0.29) is 17.2 Å². The summed E-state index contributed by atoms with van der Waals surface area (Å²) in [5.41, 5.74) is 4.37. The van der Waals surface area contributed by atoms with Crippen molar-refractivity contribution in [2.24, 2.45) is 4.99 Å². The second-order valence-corrected chi connectivity index (χ2v) is 7.92. The van der Waals surface area contributed by atoms with Crippen molar-refractivity contribution in [1.82, 2.24) is 4.90 Å². The Bertz CT molecular complexity index is 1120. The molecule has 0 spiro atoms. The summed E-state index contributed by atoms with van der Waals surface area (Å²) < 4.78 is 0. The quantitative estimate of drug-likeness (QED) is 0.599. The Kier molecular flexibility index (Phi) is 4.55. The van der Waals surface area contributed by atoms with E-state index >= 15 is 0 Å². The second-order valence-electron chi connectivity index (χ2n) is 7.92. The van der Waals surface area contributed by atoms with E-state index in [1.54, 1.807) is 24.3 Å². The fraction of sp³-hybridized carbons (Fsp3) is 0.192. The number of carbonyl (C=O) groups excluding carboxylic acids is 2. The highest BCUT2D eigenvalue weighted by Gasteiger charge is 2.39. The Hall–Kier alpha value is -3.53. The topological polar surface area (TPSA) is 49.7 Å². The van der Waals surface area contributed by atoms with Crippen LogP contribution in [0.1, 0.15) is 50.2 Å². The molecule has 4 heteroatoms. The number of fused-ring (bicyclic) bond motifs is 2. The van der Waals surface area contributed by atoms with E-state index in [1.165, 1.54) is 16.0 Å². The van der Waals surface area contributed by atoms with Crippen LogP contribution in [-0.2, 0) is 5.41 Å². The van der Waals surface area contributed by atoms with Crippen LogP contribution in [0.2, 0.25) is 0 Å². The fourth-order valence-electron chi connectivity index (χ4n) is 4.77. The molecule has 30 heavy (non-hydrogen) atoms. The van der Waals surface area contributed by atoms with Gasteiger partial charge in [-0.05, 0) is 41.7 Å². The zero-order chi connectivity index (χ0) is 20.6. The standard InChI is InChI=1S/C26H22N2O2/c29-24-21-12-5-6-13-22(21)25(30)28(24)16-8-15-26(20-10-2-1-3-11-20)18-27-17-19-9-4-7-14-23(19)26/h1-7,9-14,17H,8,15-16,18H2. The molecule has 148 valence electrons. The van der Waals surface area contributed by atoms with Gasteiger partial charge in [0, 0.05) is 18.2 Å². The van der Waals surface area contributed by atoms with E-state index in [2.05, 4.69) is 47.5 Å². The van der Waals surface area contributed by atoms with Crippen molar-refractivity contribution >= 4 is 18.0 Å². The van der Waals surface area contributed by atoms with Crippen LogP contribution in [0.4, 0.5) is 0 Å². The summed E-state index contributed by atoms with van der Waals surface area (Å²) in [5.74, 6) is -0.377. The molecule has 3 aromatic carbocycles. The lowest BCUT2D eigenvalue weighted by atomic mass is 9.69. The van der Waals surface area contributed by atoms with Gasteiger partial charge in [-0.15, -0.1) is 0 Å². The minimum absolute atomic E-state index is 0.188. The van der Waals surface area contributed by atoms with E-state index < -0.39 is 0 Å². The highest BCUT2D eigenvalue weighted by Crippen LogP contribution is 2.40. The number of rotatable bonds is 5. The summed E-state index contributed by atoms with van der Waals surface area (Å²) in [6.07, 6.45) is 3.46. The van der Waals surface area contributed by atoms with Gasteiger partial charge in [-0.2, -0.15) is 0 Å². The lowest BCUT2D eigenvalue weighted by Gasteiger charge is -2.37. The summed E-state index contributed by atoms with van der Waals surface area (Å²) in [5, 5.41) is 0. The van der Waals surface area contributed by atoms with Crippen molar-refractivity contribution < 1.29 is 9.59 Å². The van der Waals surface area contributed by atoms with Gasteiger partial charge in [0.05, 0.1) is 17.7 Å². The molecule has 5 rings (SSSR count). The predicted molar refractivity (Wildman–Crippen MR) is 117 cm³/mol. The molecule has 0 saturated heterocycles. The molecule has 0 saturated carbocycles. The van der Waals surface area contributed by atoms with Crippen molar-refractivity contribution in [3.63, 3.8) is 0 Å². The largest absolute Gasteiger partial charge is 0.291 e.